The van der Waals surface area contributed by atoms with Gasteiger partial charge in [0.1, 0.15) is 0 Å². The zero-order valence-corrected chi connectivity index (χ0v) is 12.6. The predicted octanol–water partition coefficient (Wildman–Crippen LogP) is 1.77. The summed E-state index contributed by atoms with van der Waals surface area (Å²) in [7, 11) is 0. The van der Waals surface area contributed by atoms with Gasteiger partial charge in [0.2, 0.25) is 5.91 Å². The van der Waals surface area contributed by atoms with Gasteiger partial charge in [-0.05, 0) is 25.5 Å². The van der Waals surface area contributed by atoms with E-state index in [4.69, 9.17) is 0 Å². The Balaban J connectivity index is 2.43. The van der Waals surface area contributed by atoms with Crippen molar-refractivity contribution in [3.8, 4) is 0 Å². The summed E-state index contributed by atoms with van der Waals surface area (Å²) in [5.74, 6) is -0.349. The van der Waals surface area contributed by atoms with Gasteiger partial charge < -0.3 is 10.6 Å². The summed E-state index contributed by atoms with van der Waals surface area (Å²) in [6.07, 6.45) is 0. The average Bonchev–Trinajstić information content (AvgIpc) is 2.37. The molecule has 0 heterocycles. The highest BCUT2D eigenvalue weighted by Crippen LogP contribution is 2.15. The first-order valence-corrected chi connectivity index (χ1v) is 6.89. The fourth-order valence-electron chi connectivity index (χ4n) is 1.42. The van der Waals surface area contributed by atoms with E-state index >= 15 is 0 Å². The second-order valence-electron chi connectivity index (χ2n) is 4.04. The normalized spacial score (nSPS) is 11.7. The second kappa shape index (κ2) is 7.91. The summed E-state index contributed by atoms with van der Waals surface area (Å²) >= 11 is 3.44. The van der Waals surface area contributed by atoms with Crippen LogP contribution in [0.5, 0.6) is 0 Å². The van der Waals surface area contributed by atoms with Crippen LogP contribution in [-0.4, -0.2) is 24.5 Å². The topological polar surface area (TPSA) is 70.2 Å². The van der Waals surface area contributed by atoms with Crippen molar-refractivity contribution in [3.63, 3.8) is 0 Å². The largest absolute Gasteiger partial charge is 0.338 e. The van der Waals surface area contributed by atoms with E-state index in [1.807, 2.05) is 24.3 Å². The second-order valence-corrected chi connectivity index (χ2v) is 4.90. The molecule has 3 N–H and O–H groups in total. The minimum absolute atomic E-state index is 0.349. The van der Waals surface area contributed by atoms with Crippen LogP contribution >= 0.6 is 15.9 Å². The Bertz CT molecular complexity index is 451. The number of imide groups is 1. The number of urea groups is 1. The molecule has 0 fully saturated rings. The lowest BCUT2D eigenvalue weighted by Gasteiger charge is -2.14. The summed E-state index contributed by atoms with van der Waals surface area (Å²) in [5.41, 5.74) is 1.06. The van der Waals surface area contributed by atoms with Gasteiger partial charge in [-0.1, -0.05) is 34.1 Å². The highest BCUT2D eigenvalue weighted by Gasteiger charge is 2.14. The third kappa shape index (κ3) is 5.40. The van der Waals surface area contributed by atoms with Crippen molar-refractivity contribution < 1.29 is 9.59 Å². The number of halogens is 1. The summed E-state index contributed by atoms with van der Waals surface area (Å²) in [4.78, 5) is 22.9. The minimum Gasteiger partial charge on any atom is -0.338 e. The number of nitrogens with one attached hydrogen (secondary N) is 3. The van der Waals surface area contributed by atoms with Crippen LogP contribution < -0.4 is 16.0 Å². The predicted molar refractivity (Wildman–Crippen MR) is 77.7 cm³/mol. The molecule has 0 aliphatic carbocycles. The van der Waals surface area contributed by atoms with Crippen molar-refractivity contribution in [3.05, 3.63) is 34.3 Å². The lowest BCUT2D eigenvalue weighted by Crippen LogP contribution is -2.47. The summed E-state index contributed by atoms with van der Waals surface area (Å²) in [6, 6.07) is 6.85. The minimum atomic E-state index is -0.470. The molecule has 1 aromatic rings. The molecule has 3 amide bonds. The molecule has 104 valence electrons. The van der Waals surface area contributed by atoms with Crippen molar-refractivity contribution >= 4 is 27.9 Å². The Labute approximate surface area is 121 Å². The van der Waals surface area contributed by atoms with E-state index < -0.39 is 12.1 Å². The molecule has 0 aliphatic heterocycles. The average molecular weight is 328 g/mol. The smallest absolute Gasteiger partial charge is 0.321 e. The first-order valence-electron chi connectivity index (χ1n) is 6.10. The maximum atomic E-state index is 11.7. The van der Waals surface area contributed by atoms with Crippen LogP contribution in [-0.2, 0) is 11.3 Å². The fraction of sp³-hybridized carbons (Fsp3) is 0.385. The van der Waals surface area contributed by atoms with Crippen LogP contribution in [0.25, 0.3) is 0 Å². The molecule has 1 rings (SSSR count). The van der Waals surface area contributed by atoms with Crippen molar-refractivity contribution in [1.82, 2.24) is 16.0 Å². The van der Waals surface area contributed by atoms with Gasteiger partial charge in [0.25, 0.3) is 0 Å². The molecule has 0 saturated heterocycles. The number of carbonyl (C=O) groups excluding carboxylic acids is 2. The lowest BCUT2D eigenvalue weighted by molar-refractivity contribution is -0.121. The molecule has 5 nitrogen and oxygen atoms in total. The van der Waals surface area contributed by atoms with Crippen LogP contribution in [0.15, 0.2) is 28.7 Å². The number of benzene rings is 1. The Morgan fingerprint density at radius 2 is 2.00 bits per heavy atom. The van der Waals surface area contributed by atoms with Gasteiger partial charge in [-0.25, -0.2) is 4.79 Å². The van der Waals surface area contributed by atoms with E-state index in [0.29, 0.717) is 13.1 Å². The zero-order valence-electron chi connectivity index (χ0n) is 11.0. The third-order valence-corrected chi connectivity index (χ3v) is 3.30. The van der Waals surface area contributed by atoms with Crippen molar-refractivity contribution in [2.24, 2.45) is 0 Å². The van der Waals surface area contributed by atoms with Crippen molar-refractivity contribution in [2.45, 2.75) is 26.4 Å². The Hall–Kier alpha value is -1.40. The number of rotatable bonds is 5. The first-order chi connectivity index (χ1) is 9.04. The Morgan fingerprint density at radius 3 is 2.63 bits per heavy atom. The van der Waals surface area contributed by atoms with Gasteiger partial charge in [0.15, 0.2) is 0 Å². The molecule has 19 heavy (non-hydrogen) atoms. The van der Waals surface area contributed by atoms with Crippen LogP contribution in [0.2, 0.25) is 0 Å². The van der Waals surface area contributed by atoms with Gasteiger partial charge >= 0.3 is 6.03 Å². The molecule has 1 aromatic carbocycles. The standard InChI is InChI=1S/C13H18BrN3O2/c1-3-15-13(19)17-12(18)9(2)16-8-10-6-4-5-7-11(10)14/h4-7,9,16H,3,8H2,1-2H3,(H2,15,17,18,19). The van der Waals surface area contributed by atoms with Gasteiger partial charge in [0, 0.05) is 17.6 Å². The molecular weight excluding hydrogens is 310 g/mol. The molecule has 0 spiro atoms. The van der Waals surface area contributed by atoms with Crippen LogP contribution in [0.1, 0.15) is 19.4 Å². The summed E-state index contributed by atoms with van der Waals surface area (Å²) in [5, 5.41) is 7.84. The van der Waals surface area contributed by atoms with Crippen LogP contribution in [0.4, 0.5) is 4.79 Å². The molecule has 0 aromatic heterocycles. The molecule has 0 saturated carbocycles. The number of carbonyl (C=O) groups is 2. The number of hydrogen-bond donors (Lipinski definition) is 3. The lowest BCUT2D eigenvalue weighted by atomic mass is 10.2. The molecule has 0 bridgehead atoms. The maximum absolute atomic E-state index is 11.7. The van der Waals surface area contributed by atoms with Gasteiger partial charge in [-0.15, -0.1) is 0 Å². The highest BCUT2D eigenvalue weighted by molar-refractivity contribution is 9.10. The number of hydrogen-bond acceptors (Lipinski definition) is 3. The Morgan fingerprint density at radius 1 is 1.32 bits per heavy atom. The number of amides is 3. The monoisotopic (exact) mass is 327 g/mol. The maximum Gasteiger partial charge on any atom is 0.321 e. The first kappa shape index (κ1) is 15.7. The van der Waals surface area contributed by atoms with Crippen LogP contribution in [0.3, 0.4) is 0 Å². The third-order valence-electron chi connectivity index (χ3n) is 2.52. The quantitative estimate of drug-likeness (QED) is 0.772. The zero-order chi connectivity index (χ0) is 14.3. The Kier molecular flexibility index (Phi) is 6.52. The summed E-state index contributed by atoms with van der Waals surface area (Å²) < 4.78 is 0.985. The molecule has 0 radical (unpaired) electrons. The van der Waals surface area contributed by atoms with Gasteiger partial charge in [-0.2, -0.15) is 0 Å². The van der Waals surface area contributed by atoms with E-state index in [1.54, 1.807) is 13.8 Å². The molecule has 6 heteroatoms. The van der Waals surface area contributed by atoms with Crippen molar-refractivity contribution in [2.75, 3.05) is 6.54 Å². The SMILES string of the molecule is CCNC(=O)NC(=O)C(C)NCc1ccccc1Br. The van der Waals surface area contributed by atoms with Crippen molar-refractivity contribution in [1.29, 1.82) is 0 Å². The van der Waals surface area contributed by atoms with Gasteiger partial charge in [0.05, 0.1) is 6.04 Å². The van der Waals surface area contributed by atoms with Crippen LogP contribution in [0, 0.1) is 0 Å². The fourth-order valence-corrected chi connectivity index (χ4v) is 1.85. The van der Waals surface area contributed by atoms with E-state index in [0.717, 1.165) is 10.0 Å². The molecule has 1 atom stereocenters. The van der Waals surface area contributed by atoms with E-state index in [1.165, 1.54) is 0 Å². The molecule has 0 aliphatic rings. The van der Waals surface area contributed by atoms with E-state index in [-0.39, 0.29) is 5.91 Å². The highest BCUT2D eigenvalue weighted by atomic mass is 79.9. The summed E-state index contributed by atoms with van der Waals surface area (Å²) in [6.45, 7) is 4.54. The van der Waals surface area contributed by atoms with E-state index in [9.17, 15) is 9.59 Å². The van der Waals surface area contributed by atoms with Gasteiger partial charge in [-0.3, -0.25) is 10.1 Å². The van der Waals surface area contributed by atoms with E-state index in [2.05, 4.69) is 31.9 Å². The molecule has 1 unspecified atom stereocenters. The molecular formula is C13H18BrN3O2.